The zero-order chi connectivity index (χ0) is 28.0. The van der Waals surface area contributed by atoms with E-state index in [0.717, 1.165) is 0 Å². The lowest BCUT2D eigenvalue weighted by Gasteiger charge is -2.75. The maximum atomic E-state index is 12.7. The van der Waals surface area contributed by atoms with Gasteiger partial charge in [0.2, 0.25) is 5.79 Å². The molecule has 10 heteroatoms. The summed E-state index contributed by atoms with van der Waals surface area (Å²) in [5.41, 5.74) is -2.27. The quantitative estimate of drug-likeness (QED) is 0.326. The van der Waals surface area contributed by atoms with E-state index in [2.05, 4.69) is 6.58 Å². The van der Waals surface area contributed by atoms with E-state index < -0.39 is 82.2 Å². The third-order valence-electron chi connectivity index (χ3n) is 10.1. The maximum Gasteiger partial charge on any atom is 0.303 e. The Balaban J connectivity index is 1.84. The number of ether oxygens (including phenoxy) is 5. The molecule has 0 aromatic carbocycles. The van der Waals surface area contributed by atoms with Crippen LogP contribution in [0.15, 0.2) is 12.2 Å². The molecule has 38 heavy (non-hydrogen) atoms. The van der Waals surface area contributed by atoms with Crippen molar-refractivity contribution in [3.8, 4) is 0 Å². The molecule has 0 amide bonds. The Morgan fingerprint density at radius 3 is 2.11 bits per heavy atom. The Morgan fingerprint density at radius 2 is 1.53 bits per heavy atom. The van der Waals surface area contributed by atoms with Crippen LogP contribution in [0.25, 0.3) is 0 Å². The van der Waals surface area contributed by atoms with Crippen molar-refractivity contribution in [2.75, 3.05) is 6.61 Å². The molecule has 4 saturated carbocycles. The zero-order valence-corrected chi connectivity index (χ0v) is 22.9. The summed E-state index contributed by atoms with van der Waals surface area (Å²) in [4.78, 5) is 49.8. The zero-order valence-electron chi connectivity index (χ0n) is 22.9. The molecule has 2 heterocycles. The molecule has 2 spiro atoms. The maximum absolute atomic E-state index is 12.7. The van der Waals surface area contributed by atoms with Gasteiger partial charge in [-0.05, 0) is 42.6 Å². The molecule has 10 nitrogen and oxygen atoms in total. The lowest BCUT2D eigenvalue weighted by Crippen LogP contribution is -2.86. The fourth-order valence-corrected chi connectivity index (χ4v) is 9.37. The lowest BCUT2D eigenvalue weighted by molar-refractivity contribution is -0.472. The van der Waals surface area contributed by atoms with E-state index in [1.807, 2.05) is 13.8 Å². The molecule has 210 valence electrons. The van der Waals surface area contributed by atoms with Gasteiger partial charge in [-0.1, -0.05) is 20.4 Å². The summed E-state index contributed by atoms with van der Waals surface area (Å²) in [6.45, 7) is 13.6. The predicted molar refractivity (Wildman–Crippen MR) is 130 cm³/mol. The first-order chi connectivity index (χ1) is 17.6. The normalized spacial score (nSPS) is 45.9. The van der Waals surface area contributed by atoms with Gasteiger partial charge < -0.3 is 28.8 Å². The fourth-order valence-electron chi connectivity index (χ4n) is 9.37. The van der Waals surface area contributed by atoms with E-state index in [4.69, 9.17) is 23.7 Å². The Bertz CT molecular complexity index is 1100. The summed E-state index contributed by atoms with van der Waals surface area (Å²) in [7, 11) is 0. The summed E-state index contributed by atoms with van der Waals surface area (Å²) < 4.78 is 30.2. The molecule has 6 aliphatic rings. The van der Waals surface area contributed by atoms with E-state index in [9.17, 15) is 24.3 Å². The second kappa shape index (κ2) is 8.52. The van der Waals surface area contributed by atoms with Crippen LogP contribution in [0.1, 0.15) is 67.2 Å². The van der Waals surface area contributed by atoms with Crippen LogP contribution in [0.4, 0.5) is 0 Å². The van der Waals surface area contributed by atoms with Crippen molar-refractivity contribution in [2.45, 2.75) is 97.4 Å². The summed E-state index contributed by atoms with van der Waals surface area (Å²) in [5.74, 6) is -5.62. The molecule has 4 aliphatic carbocycles. The summed E-state index contributed by atoms with van der Waals surface area (Å²) in [6, 6.07) is 0. The summed E-state index contributed by atoms with van der Waals surface area (Å²) in [5, 5.41) is 12.7. The number of hydrogen-bond acceptors (Lipinski definition) is 10. The first-order valence-corrected chi connectivity index (χ1v) is 13.4. The molecule has 0 aromatic heterocycles. The van der Waals surface area contributed by atoms with E-state index in [0.29, 0.717) is 31.3 Å². The van der Waals surface area contributed by atoms with Crippen molar-refractivity contribution in [2.24, 2.45) is 34.0 Å². The minimum absolute atomic E-state index is 0.0125. The van der Waals surface area contributed by atoms with Gasteiger partial charge in [0.1, 0.15) is 18.3 Å². The molecule has 2 aliphatic heterocycles. The number of aliphatic hydroxyl groups is 1. The number of fused-ring (bicyclic) bond motifs is 2. The van der Waals surface area contributed by atoms with Crippen LogP contribution < -0.4 is 0 Å². The minimum atomic E-state index is -2.08. The standard InChI is InChI=1S/C28H38O10/c1-13-18-10-19(35-14(2)29)21-26-12-34-28(33,27(21,11-18)23(13)37-16(4)31)24(38-17(5)32)22(26)25(6,7)9-8-20(26)36-15(3)30/h18-24,33H,1,8-12H2,2-7H3/t18-,19-,20+,21+,22-,23-,24+,26+,27+,28-/m1/s1. The largest absolute Gasteiger partial charge is 0.462 e. The summed E-state index contributed by atoms with van der Waals surface area (Å²) in [6.07, 6.45) is -1.65. The van der Waals surface area contributed by atoms with Gasteiger partial charge in [0.05, 0.1) is 12.0 Å². The molecule has 6 rings (SSSR count). The van der Waals surface area contributed by atoms with Gasteiger partial charge in [0, 0.05) is 44.9 Å². The number of rotatable bonds is 4. The van der Waals surface area contributed by atoms with E-state index in [1.165, 1.54) is 27.7 Å². The van der Waals surface area contributed by atoms with Crippen LogP contribution in [-0.4, -0.2) is 65.8 Å². The second-order valence-corrected chi connectivity index (χ2v) is 12.6. The first-order valence-electron chi connectivity index (χ1n) is 13.4. The molecule has 1 N–H and O–H groups in total. The predicted octanol–water partition coefficient (Wildman–Crippen LogP) is 2.45. The fraction of sp³-hybridized carbons (Fsp3) is 0.786. The number of carbonyl (C=O) groups is 4. The van der Waals surface area contributed by atoms with E-state index >= 15 is 0 Å². The van der Waals surface area contributed by atoms with Gasteiger partial charge >= 0.3 is 23.9 Å². The highest BCUT2D eigenvalue weighted by Gasteiger charge is 2.88. The highest BCUT2D eigenvalue weighted by Crippen LogP contribution is 2.78. The molecule has 0 unspecified atom stereocenters. The van der Waals surface area contributed by atoms with Gasteiger partial charge in [-0.25, -0.2) is 0 Å². The van der Waals surface area contributed by atoms with Crippen molar-refractivity contribution in [1.29, 1.82) is 0 Å². The second-order valence-electron chi connectivity index (χ2n) is 12.6. The monoisotopic (exact) mass is 534 g/mol. The number of esters is 4. The highest BCUT2D eigenvalue weighted by molar-refractivity contribution is 5.68. The Kier molecular flexibility index (Phi) is 6.08. The Labute approximate surface area is 222 Å². The molecule has 2 saturated heterocycles. The average molecular weight is 535 g/mol. The molecule has 4 bridgehead atoms. The van der Waals surface area contributed by atoms with Crippen molar-refractivity contribution in [3.05, 3.63) is 12.2 Å². The van der Waals surface area contributed by atoms with Crippen LogP contribution in [0.3, 0.4) is 0 Å². The van der Waals surface area contributed by atoms with Gasteiger partial charge in [-0.15, -0.1) is 0 Å². The van der Waals surface area contributed by atoms with Crippen LogP contribution in [-0.2, 0) is 42.9 Å². The first kappa shape index (κ1) is 27.1. The van der Waals surface area contributed by atoms with E-state index in [-0.39, 0.29) is 12.5 Å². The SMILES string of the molecule is C=C1[C@@H]2C[C@@H](OC(C)=O)[C@H]3[C@@]45CO[C@](O)([C@@H](OC(C)=O)[C@@H]4C(C)(C)CC[C@@H]5OC(C)=O)[C@]3(C2)[C@@H]1OC(C)=O. The van der Waals surface area contributed by atoms with Gasteiger partial charge in [-0.3, -0.25) is 19.2 Å². The third-order valence-corrected chi connectivity index (χ3v) is 10.1. The van der Waals surface area contributed by atoms with Crippen LogP contribution in [0.2, 0.25) is 0 Å². The molecule has 10 atom stereocenters. The highest BCUT2D eigenvalue weighted by atomic mass is 16.7. The smallest absolute Gasteiger partial charge is 0.303 e. The topological polar surface area (TPSA) is 135 Å². The van der Waals surface area contributed by atoms with Crippen molar-refractivity contribution < 1.29 is 48.0 Å². The molecule has 6 fully saturated rings. The van der Waals surface area contributed by atoms with Crippen molar-refractivity contribution in [3.63, 3.8) is 0 Å². The lowest BCUT2D eigenvalue weighted by atomic mass is 9.35. The number of carbonyl (C=O) groups excluding carboxylic acids is 4. The third kappa shape index (κ3) is 3.38. The van der Waals surface area contributed by atoms with Crippen LogP contribution >= 0.6 is 0 Å². The number of hydrogen-bond donors (Lipinski definition) is 1. The molecular weight excluding hydrogens is 496 g/mol. The van der Waals surface area contributed by atoms with Crippen LogP contribution in [0.5, 0.6) is 0 Å². The molecule has 0 radical (unpaired) electrons. The van der Waals surface area contributed by atoms with Gasteiger partial charge in [0.25, 0.3) is 0 Å². The van der Waals surface area contributed by atoms with E-state index in [1.54, 1.807) is 0 Å². The van der Waals surface area contributed by atoms with Crippen LogP contribution in [0, 0.1) is 34.0 Å². The molecular formula is C28H38O10. The average Bonchev–Trinajstić information content (AvgIpc) is 2.98. The van der Waals surface area contributed by atoms with Gasteiger partial charge in [-0.2, -0.15) is 0 Å². The van der Waals surface area contributed by atoms with Gasteiger partial charge in [0.15, 0.2) is 6.10 Å². The minimum Gasteiger partial charge on any atom is -0.462 e. The van der Waals surface area contributed by atoms with Crippen molar-refractivity contribution >= 4 is 23.9 Å². The van der Waals surface area contributed by atoms with Crippen molar-refractivity contribution in [1.82, 2.24) is 0 Å². The summed E-state index contributed by atoms with van der Waals surface area (Å²) >= 11 is 0. The molecule has 0 aromatic rings. The Morgan fingerprint density at radius 1 is 0.921 bits per heavy atom. The Hall–Kier alpha value is -2.46.